The van der Waals surface area contributed by atoms with E-state index in [9.17, 15) is 0 Å². The lowest BCUT2D eigenvalue weighted by molar-refractivity contribution is 0.175. The Kier molecular flexibility index (Phi) is 8.34. The molecule has 3 rings (SSSR count). The number of thiocarbonyl (C=S) groups is 1. The third-order valence-electron chi connectivity index (χ3n) is 5.42. The van der Waals surface area contributed by atoms with Crippen molar-refractivity contribution in [3.8, 4) is 5.75 Å². The summed E-state index contributed by atoms with van der Waals surface area (Å²) in [5.41, 5.74) is 5.08. The van der Waals surface area contributed by atoms with Gasteiger partial charge in [0.05, 0.1) is 13.7 Å². The van der Waals surface area contributed by atoms with Crippen LogP contribution in [0.3, 0.4) is 0 Å². The number of benzene rings is 2. The molecule has 0 amide bonds. The van der Waals surface area contributed by atoms with Gasteiger partial charge in [0.15, 0.2) is 5.11 Å². The van der Waals surface area contributed by atoms with Gasteiger partial charge in [0.2, 0.25) is 0 Å². The number of methoxy groups -OCH3 is 2. The van der Waals surface area contributed by atoms with Gasteiger partial charge in [-0.2, -0.15) is 0 Å². The van der Waals surface area contributed by atoms with Crippen LogP contribution in [0.15, 0.2) is 42.5 Å². The highest BCUT2D eigenvalue weighted by Gasteiger charge is 2.18. The van der Waals surface area contributed by atoms with Gasteiger partial charge in [-0.3, -0.25) is 0 Å². The van der Waals surface area contributed by atoms with E-state index in [1.54, 1.807) is 14.2 Å². The summed E-state index contributed by atoms with van der Waals surface area (Å²) in [6, 6.07) is 14.7. The van der Waals surface area contributed by atoms with Crippen molar-refractivity contribution in [3.63, 3.8) is 0 Å². The SMILES string of the molecule is CCCN1CCCc2cc(CN(CCOC)C(=S)Nc3ccc(OC)cc3)ccc21. The summed E-state index contributed by atoms with van der Waals surface area (Å²) in [7, 11) is 3.39. The van der Waals surface area contributed by atoms with E-state index < -0.39 is 0 Å². The van der Waals surface area contributed by atoms with Crippen LogP contribution in [-0.2, 0) is 17.7 Å². The first-order valence-corrected chi connectivity index (χ1v) is 11.1. The Bertz CT molecular complexity index is 826. The molecule has 1 N–H and O–H groups in total. The van der Waals surface area contributed by atoms with Crippen LogP contribution in [0.1, 0.15) is 30.9 Å². The maximum atomic E-state index is 5.73. The van der Waals surface area contributed by atoms with Gasteiger partial charge in [0, 0.05) is 44.7 Å². The van der Waals surface area contributed by atoms with E-state index in [1.807, 2.05) is 24.3 Å². The highest BCUT2D eigenvalue weighted by Crippen LogP contribution is 2.28. The minimum absolute atomic E-state index is 0.625. The quantitative estimate of drug-likeness (QED) is 0.585. The van der Waals surface area contributed by atoms with Crippen LogP contribution < -0.4 is 15.0 Å². The molecule has 6 heteroatoms. The first-order valence-electron chi connectivity index (χ1n) is 10.7. The predicted octanol–water partition coefficient (Wildman–Crippen LogP) is 4.70. The molecule has 0 aromatic heterocycles. The number of aryl methyl sites for hydroxylation is 1. The molecule has 0 atom stereocenters. The van der Waals surface area contributed by atoms with Crippen molar-refractivity contribution in [1.29, 1.82) is 0 Å². The standard InChI is InChI=1S/C24H33N3O2S/c1-4-13-26-14-5-6-20-17-19(7-12-23(20)26)18-27(15-16-28-2)24(30)25-21-8-10-22(29-3)11-9-21/h7-12,17H,4-6,13-16,18H2,1-3H3,(H,25,30). The minimum Gasteiger partial charge on any atom is -0.497 e. The van der Waals surface area contributed by atoms with Crippen LogP contribution in [0.4, 0.5) is 11.4 Å². The van der Waals surface area contributed by atoms with Crippen molar-refractivity contribution in [3.05, 3.63) is 53.6 Å². The van der Waals surface area contributed by atoms with Crippen molar-refractivity contribution < 1.29 is 9.47 Å². The van der Waals surface area contributed by atoms with Crippen molar-refractivity contribution in [2.75, 3.05) is 50.7 Å². The predicted molar refractivity (Wildman–Crippen MR) is 129 cm³/mol. The van der Waals surface area contributed by atoms with Gasteiger partial charge in [-0.25, -0.2) is 0 Å². The van der Waals surface area contributed by atoms with Gasteiger partial charge in [0.25, 0.3) is 0 Å². The summed E-state index contributed by atoms with van der Waals surface area (Å²) in [6.07, 6.45) is 3.55. The number of hydrogen-bond acceptors (Lipinski definition) is 4. The second kappa shape index (κ2) is 11.2. The van der Waals surface area contributed by atoms with Gasteiger partial charge in [-0.15, -0.1) is 0 Å². The zero-order valence-electron chi connectivity index (χ0n) is 18.3. The molecule has 0 saturated carbocycles. The number of anilines is 2. The van der Waals surface area contributed by atoms with E-state index in [1.165, 1.54) is 29.7 Å². The molecule has 0 fully saturated rings. The fraction of sp³-hybridized carbons (Fsp3) is 0.458. The van der Waals surface area contributed by atoms with Crippen LogP contribution in [0.2, 0.25) is 0 Å². The maximum Gasteiger partial charge on any atom is 0.173 e. The second-order valence-electron chi connectivity index (χ2n) is 7.63. The lowest BCUT2D eigenvalue weighted by Crippen LogP contribution is -2.36. The molecule has 162 valence electrons. The lowest BCUT2D eigenvalue weighted by atomic mass is 9.99. The molecule has 1 heterocycles. The Labute approximate surface area is 186 Å². The fourth-order valence-corrected chi connectivity index (χ4v) is 4.15. The highest BCUT2D eigenvalue weighted by atomic mass is 32.1. The van der Waals surface area contributed by atoms with E-state index >= 15 is 0 Å². The Morgan fingerprint density at radius 3 is 2.67 bits per heavy atom. The third kappa shape index (κ3) is 5.86. The molecule has 1 aliphatic heterocycles. The van der Waals surface area contributed by atoms with Crippen molar-refractivity contribution in [2.24, 2.45) is 0 Å². The second-order valence-corrected chi connectivity index (χ2v) is 8.01. The van der Waals surface area contributed by atoms with Crippen LogP contribution >= 0.6 is 12.2 Å². The molecule has 0 saturated heterocycles. The molecule has 2 aromatic rings. The molecule has 0 bridgehead atoms. The van der Waals surface area contributed by atoms with Gasteiger partial charge in [-0.05, 0) is 72.9 Å². The number of ether oxygens (including phenoxy) is 2. The van der Waals surface area contributed by atoms with Crippen molar-refractivity contribution >= 4 is 28.7 Å². The molecular formula is C24H33N3O2S. The number of rotatable bonds is 9. The van der Waals surface area contributed by atoms with Crippen LogP contribution in [0.5, 0.6) is 5.75 Å². The van der Waals surface area contributed by atoms with Crippen molar-refractivity contribution in [1.82, 2.24) is 4.90 Å². The third-order valence-corrected chi connectivity index (χ3v) is 5.78. The summed E-state index contributed by atoms with van der Waals surface area (Å²) in [6.45, 7) is 6.65. The van der Waals surface area contributed by atoms with Gasteiger partial charge in [0.1, 0.15) is 5.75 Å². The molecule has 5 nitrogen and oxygen atoms in total. The van der Waals surface area contributed by atoms with E-state index in [-0.39, 0.29) is 0 Å². The Hall–Kier alpha value is -2.31. The molecular weight excluding hydrogens is 394 g/mol. The Morgan fingerprint density at radius 1 is 1.17 bits per heavy atom. The first kappa shape index (κ1) is 22.4. The number of hydrogen-bond donors (Lipinski definition) is 1. The summed E-state index contributed by atoms with van der Waals surface area (Å²) in [4.78, 5) is 4.68. The van der Waals surface area contributed by atoms with E-state index in [0.717, 1.165) is 44.0 Å². The van der Waals surface area contributed by atoms with E-state index in [2.05, 4.69) is 40.2 Å². The van der Waals surface area contributed by atoms with Crippen LogP contribution in [0, 0.1) is 0 Å². The molecule has 0 aliphatic carbocycles. The minimum atomic E-state index is 0.625. The summed E-state index contributed by atoms with van der Waals surface area (Å²) >= 11 is 5.73. The average Bonchev–Trinajstić information content (AvgIpc) is 2.77. The zero-order valence-corrected chi connectivity index (χ0v) is 19.1. The number of nitrogens with zero attached hydrogens (tertiary/aromatic N) is 2. The normalized spacial score (nSPS) is 13.0. The summed E-state index contributed by atoms with van der Waals surface area (Å²) in [5, 5.41) is 4.04. The van der Waals surface area contributed by atoms with E-state index in [4.69, 9.17) is 21.7 Å². The monoisotopic (exact) mass is 427 g/mol. The number of nitrogens with one attached hydrogen (secondary N) is 1. The van der Waals surface area contributed by atoms with Gasteiger partial charge < -0.3 is 24.6 Å². The Balaban J connectivity index is 1.71. The van der Waals surface area contributed by atoms with Crippen molar-refractivity contribution in [2.45, 2.75) is 32.7 Å². The van der Waals surface area contributed by atoms with Gasteiger partial charge in [-0.1, -0.05) is 19.1 Å². The van der Waals surface area contributed by atoms with Crippen LogP contribution in [-0.4, -0.2) is 50.5 Å². The summed E-state index contributed by atoms with van der Waals surface area (Å²) in [5.74, 6) is 0.828. The topological polar surface area (TPSA) is 37.0 Å². The van der Waals surface area contributed by atoms with Crippen LogP contribution in [0.25, 0.3) is 0 Å². The fourth-order valence-electron chi connectivity index (χ4n) is 3.88. The molecule has 2 aromatic carbocycles. The lowest BCUT2D eigenvalue weighted by Gasteiger charge is -2.32. The molecule has 30 heavy (non-hydrogen) atoms. The molecule has 0 spiro atoms. The maximum absolute atomic E-state index is 5.73. The Morgan fingerprint density at radius 2 is 1.97 bits per heavy atom. The van der Waals surface area contributed by atoms with Gasteiger partial charge >= 0.3 is 0 Å². The van der Waals surface area contributed by atoms with E-state index in [0.29, 0.717) is 11.7 Å². The largest absolute Gasteiger partial charge is 0.497 e. The molecule has 1 aliphatic rings. The molecule has 0 radical (unpaired) electrons. The first-order chi connectivity index (χ1) is 14.6. The molecule has 0 unspecified atom stereocenters. The highest BCUT2D eigenvalue weighted by molar-refractivity contribution is 7.80. The number of fused-ring (bicyclic) bond motifs is 1. The average molecular weight is 428 g/mol. The zero-order chi connectivity index (χ0) is 21.3. The summed E-state index contributed by atoms with van der Waals surface area (Å²) < 4.78 is 10.6. The smallest absolute Gasteiger partial charge is 0.173 e.